The molecule has 1 heterocycles. The maximum atomic E-state index is 12.3. The van der Waals surface area contributed by atoms with Crippen LogP contribution in [0.2, 0.25) is 0 Å². The van der Waals surface area contributed by atoms with Crippen molar-refractivity contribution in [2.45, 2.75) is 52.0 Å². The standard InChI is InChI=1S/C18H28N2O/c1-3-4-8-15(2)17-13-18(21)20(14-19-17)12-11-16-9-6-5-7-10-16/h5-7,9-10,15,17,19H,3-4,8,11-14H2,1-2H3/t15-,17-/m0/s1. The largest absolute Gasteiger partial charge is 0.330 e. The van der Waals surface area contributed by atoms with Crippen LogP contribution in [0.15, 0.2) is 30.3 Å². The summed E-state index contributed by atoms with van der Waals surface area (Å²) < 4.78 is 0. The molecule has 0 radical (unpaired) electrons. The van der Waals surface area contributed by atoms with Crippen LogP contribution in [0.5, 0.6) is 0 Å². The number of carbonyl (C=O) groups is 1. The topological polar surface area (TPSA) is 32.3 Å². The Labute approximate surface area is 128 Å². The summed E-state index contributed by atoms with van der Waals surface area (Å²) >= 11 is 0. The van der Waals surface area contributed by atoms with E-state index in [1.165, 1.54) is 24.8 Å². The molecule has 21 heavy (non-hydrogen) atoms. The lowest BCUT2D eigenvalue weighted by Crippen LogP contribution is -2.53. The fourth-order valence-corrected chi connectivity index (χ4v) is 2.95. The molecule has 0 aromatic heterocycles. The number of unbranched alkanes of at least 4 members (excludes halogenated alkanes) is 1. The Morgan fingerprint density at radius 2 is 2.10 bits per heavy atom. The molecule has 0 spiro atoms. The maximum Gasteiger partial charge on any atom is 0.225 e. The molecule has 1 aromatic rings. The molecule has 1 aromatic carbocycles. The molecule has 1 saturated heterocycles. The summed E-state index contributed by atoms with van der Waals surface area (Å²) in [6, 6.07) is 10.7. The molecular formula is C18H28N2O. The SMILES string of the molecule is CCCC[C@H](C)[C@@H]1CC(=O)N(CCc2ccccc2)CN1. The molecule has 0 unspecified atom stereocenters. The van der Waals surface area contributed by atoms with Gasteiger partial charge in [-0.1, -0.05) is 57.0 Å². The van der Waals surface area contributed by atoms with Crippen molar-refractivity contribution >= 4 is 5.91 Å². The van der Waals surface area contributed by atoms with Crippen LogP contribution in [0.25, 0.3) is 0 Å². The Hall–Kier alpha value is -1.35. The zero-order valence-electron chi connectivity index (χ0n) is 13.3. The normalized spacial score (nSPS) is 20.6. The molecule has 116 valence electrons. The van der Waals surface area contributed by atoms with Gasteiger partial charge in [0.1, 0.15) is 0 Å². The van der Waals surface area contributed by atoms with Crippen LogP contribution in [-0.4, -0.2) is 30.1 Å². The Bertz CT molecular complexity index is 432. The summed E-state index contributed by atoms with van der Waals surface area (Å²) in [5.74, 6) is 0.892. The minimum atomic E-state index is 0.304. The second-order valence-corrected chi connectivity index (χ2v) is 6.19. The van der Waals surface area contributed by atoms with Crippen LogP contribution in [-0.2, 0) is 11.2 Å². The highest BCUT2D eigenvalue weighted by Gasteiger charge is 2.28. The van der Waals surface area contributed by atoms with Gasteiger partial charge < -0.3 is 4.90 Å². The monoisotopic (exact) mass is 288 g/mol. The van der Waals surface area contributed by atoms with E-state index in [9.17, 15) is 4.79 Å². The van der Waals surface area contributed by atoms with E-state index in [0.717, 1.165) is 13.0 Å². The first kappa shape index (κ1) is 16.0. The van der Waals surface area contributed by atoms with Crippen LogP contribution in [0.1, 0.15) is 45.1 Å². The third kappa shape index (κ3) is 4.85. The molecule has 1 amide bonds. The zero-order chi connectivity index (χ0) is 15.1. The number of amides is 1. The van der Waals surface area contributed by atoms with Crippen molar-refractivity contribution in [1.29, 1.82) is 0 Å². The van der Waals surface area contributed by atoms with Crippen molar-refractivity contribution in [3.63, 3.8) is 0 Å². The summed E-state index contributed by atoms with van der Waals surface area (Å²) in [5.41, 5.74) is 1.30. The van der Waals surface area contributed by atoms with Gasteiger partial charge in [0, 0.05) is 19.0 Å². The van der Waals surface area contributed by atoms with Crippen molar-refractivity contribution in [1.82, 2.24) is 10.2 Å². The van der Waals surface area contributed by atoms with Gasteiger partial charge in [0.05, 0.1) is 6.67 Å². The van der Waals surface area contributed by atoms with E-state index in [-0.39, 0.29) is 0 Å². The van der Waals surface area contributed by atoms with Gasteiger partial charge in [0.2, 0.25) is 5.91 Å². The van der Waals surface area contributed by atoms with Crippen molar-refractivity contribution in [2.75, 3.05) is 13.2 Å². The second kappa shape index (κ2) is 8.18. The number of nitrogens with zero attached hydrogens (tertiary/aromatic N) is 1. The summed E-state index contributed by atoms with van der Waals surface area (Å²) in [4.78, 5) is 14.2. The minimum absolute atomic E-state index is 0.304. The smallest absolute Gasteiger partial charge is 0.225 e. The molecule has 0 saturated carbocycles. The van der Waals surface area contributed by atoms with E-state index in [0.29, 0.717) is 31.0 Å². The number of hydrogen-bond acceptors (Lipinski definition) is 2. The van der Waals surface area contributed by atoms with Gasteiger partial charge in [-0.25, -0.2) is 0 Å². The lowest BCUT2D eigenvalue weighted by molar-refractivity contribution is -0.135. The first-order valence-electron chi connectivity index (χ1n) is 8.25. The molecule has 1 N–H and O–H groups in total. The van der Waals surface area contributed by atoms with Crippen LogP contribution in [0.3, 0.4) is 0 Å². The third-order valence-electron chi connectivity index (χ3n) is 4.50. The Kier molecular flexibility index (Phi) is 6.24. The van der Waals surface area contributed by atoms with Crippen LogP contribution < -0.4 is 5.32 Å². The van der Waals surface area contributed by atoms with E-state index < -0.39 is 0 Å². The minimum Gasteiger partial charge on any atom is -0.330 e. The molecular weight excluding hydrogens is 260 g/mol. The average molecular weight is 288 g/mol. The average Bonchev–Trinajstić information content (AvgIpc) is 2.52. The first-order valence-corrected chi connectivity index (χ1v) is 8.25. The molecule has 0 bridgehead atoms. The van der Waals surface area contributed by atoms with E-state index in [1.807, 2.05) is 11.0 Å². The lowest BCUT2D eigenvalue weighted by Gasteiger charge is -2.35. The maximum absolute atomic E-state index is 12.3. The summed E-state index contributed by atoms with van der Waals surface area (Å²) in [5, 5.41) is 3.55. The summed E-state index contributed by atoms with van der Waals surface area (Å²) in [6.45, 7) is 6.00. The Balaban J connectivity index is 1.77. The van der Waals surface area contributed by atoms with Crippen LogP contribution >= 0.6 is 0 Å². The van der Waals surface area contributed by atoms with Gasteiger partial charge in [0.15, 0.2) is 0 Å². The number of hydrogen-bond donors (Lipinski definition) is 1. The Morgan fingerprint density at radius 1 is 1.33 bits per heavy atom. The molecule has 3 nitrogen and oxygen atoms in total. The van der Waals surface area contributed by atoms with E-state index in [4.69, 9.17) is 0 Å². The number of rotatable bonds is 7. The predicted molar refractivity (Wildman–Crippen MR) is 87.0 cm³/mol. The molecule has 3 heteroatoms. The van der Waals surface area contributed by atoms with E-state index in [2.05, 4.69) is 43.4 Å². The number of nitrogens with one attached hydrogen (secondary N) is 1. The molecule has 1 aliphatic rings. The van der Waals surface area contributed by atoms with Gasteiger partial charge in [-0.2, -0.15) is 0 Å². The van der Waals surface area contributed by atoms with Crippen molar-refractivity contribution < 1.29 is 4.79 Å². The lowest BCUT2D eigenvalue weighted by atomic mass is 9.92. The fraction of sp³-hybridized carbons (Fsp3) is 0.611. The molecule has 2 atom stereocenters. The second-order valence-electron chi connectivity index (χ2n) is 6.19. The summed E-state index contributed by atoms with van der Waals surface area (Å²) in [6.07, 6.45) is 5.29. The summed E-state index contributed by atoms with van der Waals surface area (Å²) in [7, 11) is 0. The Morgan fingerprint density at radius 3 is 2.76 bits per heavy atom. The van der Waals surface area contributed by atoms with Gasteiger partial charge >= 0.3 is 0 Å². The first-order chi connectivity index (χ1) is 10.2. The highest BCUT2D eigenvalue weighted by molar-refractivity contribution is 5.77. The zero-order valence-corrected chi connectivity index (χ0v) is 13.3. The van der Waals surface area contributed by atoms with Gasteiger partial charge in [-0.15, -0.1) is 0 Å². The van der Waals surface area contributed by atoms with E-state index in [1.54, 1.807) is 0 Å². The predicted octanol–water partition coefficient (Wildman–Crippen LogP) is 3.20. The quantitative estimate of drug-likeness (QED) is 0.835. The van der Waals surface area contributed by atoms with Crippen molar-refractivity contribution in [3.05, 3.63) is 35.9 Å². The molecule has 1 fully saturated rings. The highest BCUT2D eigenvalue weighted by Crippen LogP contribution is 2.19. The molecule has 0 aliphatic carbocycles. The van der Waals surface area contributed by atoms with Gasteiger partial charge in [-0.3, -0.25) is 10.1 Å². The van der Waals surface area contributed by atoms with Gasteiger partial charge in [-0.05, 0) is 24.3 Å². The van der Waals surface area contributed by atoms with Crippen molar-refractivity contribution in [2.24, 2.45) is 5.92 Å². The van der Waals surface area contributed by atoms with E-state index >= 15 is 0 Å². The third-order valence-corrected chi connectivity index (χ3v) is 4.50. The molecule has 1 aliphatic heterocycles. The van der Waals surface area contributed by atoms with Crippen molar-refractivity contribution in [3.8, 4) is 0 Å². The fourth-order valence-electron chi connectivity index (χ4n) is 2.95. The molecule has 2 rings (SSSR count). The van der Waals surface area contributed by atoms with Crippen LogP contribution in [0.4, 0.5) is 0 Å². The highest BCUT2D eigenvalue weighted by atomic mass is 16.2. The number of benzene rings is 1. The van der Waals surface area contributed by atoms with Crippen LogP contribution in [0, 0.1) is 5.92 Å². The van der Waals surface area contributed by atoms with Gasteiger partial charge in [0.25, 0.3) is 0 Å². The number of carbonyl (C=O) groups excluding carboxylic acids is 1.